The molecule has 6 heteroatoms. The zero-order valence-electron chi connectivity index (χ0n) is 11.2. The van der Waals surface area contributed by atoms with Gasteiger partial charge in [-0.15, -0.1) is 0 Å². The van der Waals surface area contributed by atoms with Crippen LogP contribution in [0.2, 0.25) is 0 Å². The number of rotatable bonds is 1. The minimum absolute atomic E-state index is 1.02. The third-order valence-corrected chi connectivity index (χ3v) is 4.74. The molecule has 1 saturated heterocycles. The number of nitrogens with zero attached hydrogens (tertiary/aromatic N) is 5. The fourth-order valence-electron chi connectivity index (χ4n) is 2.45. The lowest BCUT2D eigenvalue weighted by molar-refractivity contribution is 0.360. The highest BCUT2D eigenvalue weighted by atomic mass is 32.1. The summed E-state index contributed by atoms with van der Waals surface area (Å²) in [6.07, 6.45) is 1.21. The second-order valence-corrected chi connectivity index (χ2v) is 5.98. The van der Waals surface area contributed by atoms with Crippen molar-refractivity contribution < 1.29 is 0 Å². The molecule has 0 unspecified atom stereocenters. The number of fused-ring (bicyclic) bond motifs is 1. The molecule has 0 N–H and O–H groups in total. The Morgan fingerprint density at radius 2 is 1.94 bits per heavy atom. The third-order valence-electron chi connectivity index (χ3n) is 3.52. The third kappa shape index (κ3) is 1.99. The first-order valence-corrected chi connectivity index (χ1v) is 7.20. The number of anilines is 1. The lowest BCUT2D eigenvalue weighted by Crippen LogP contribution is -2.28. The van der Waals surface area contributed by atoms with E-state index < -0.39 is 0 Å². The molecular formula is C12H19N5S. The second-order valence-electron chi connectivity index (χ2n) is 5.00. The largest absolute Gasteiger partial charge is 0.347 e. The summed E-state index contributed by atoms with van der Waals surface area (Å²) in [5, 5.41) is 5.55. The van der Waals surface area contributed by atoms with Crippen molar-refractivity contribution in [3.8, 4) is 0 Å². The van der Waals surface area contributed by atoms with E-state index in [9.17, 15) is 0 Å². The van der Waals surface area contributed by atoms with Crippen LogP contribution in [0.5, 0.6) is 0 Å². The Morgan fingerprint density at radius 3 is 2.72 bits per heavy atom. The van der Waals surface area contributed by atoms with Crippen LogP contribution in [-0.4, -0.2) is 52.9 Å². The maximum Gasteiger partial charge on any atom is 0.188 e. The van der Waals surface area contributed by atoms with Crippen molar-refractivity contribution in [1.82, 2.24) is 19.7 Å². The molecule has 98 valence electrons. The van der Waals surface area contributed by atoms with Gasteiger partial charge in [-0.2, -0.15) is 5.10 Å². The Morgan fingerprint density at radius 1 is 1.11 bits per heavy atom. The Balaban J connectivity index is 1.91. The monoisotopic (exact) mass is 265 g/mol. The molecule has 0 amide bonds. The minimum atomic E-state index is 1.02. The van der Waals surface area contributed by atoms with Crippen molar-refractivity contribution in [2.75, 3.05) is 38.1 Å². The first-order chi connectivity index (χ1) is 8.65. The molecule has 0 saturated carbocycles. The van der Waals surface area contributed by atoms with Crippen LogP contribution < -0.4 is 4.90 Å². The summed E-state index contributed by atoms with van der Waals surface area (Å²) in [6.45, 7) is 6.54. The zero-order valence-corrected chi connectivity index (χ0v) is 12.0. The van der Waals surface area contributed by atoms with Gasteiger partial charge in [0, 0.05) is 26.7 Å². The molecule has 0 radical (unpaired) electrons. The lowest BCUT2D eigenvalue weighted by Gasteiger charge is -2.18. The molecule has 3 rings (SSSR count). The van der Waals surface area contributed by atoms with E-state index in [1.807, 2.05) is 11.7 Å². The van der Waals surface area contributed by atoms with Crippen LogP contribution in [0.25, 0.3) is 10.3 Å². The average molecular weight is 265 g/mol. The molecule has 1 aliphatic heterocycles. The summed E-state index contributed by atoms with van der Waals surface area (Å²) in [5.41, 5.74) is 2.10. The number of hydrogen-bond donors (Lipinski definition) is 0. The highest BCUT2D eigenvalue weighted by Crippen LogP contribution is 2.31. The molecule has 0 aromatic carbocycles. The van der Waals surface area contributed by atoms with Gasteiger partial charge in [-0.25, -0.2) is 9.67 Å². The molecule has 3 heterocycles. The Hall–Kier alpha value is -1.14. The Labute approximate surface area is 111 Å². The van der Waals surface area contributed by atoms with Gasteiger partial charge < -0.3 is 9.80 Å². The highest BCUT2D eigenvalue weighted by Gasteiger charge is 2.18. The van der Waals surface area contributed by atoms with Gasteiger partial charge in [-0.05, 0) is 26.9 Å². The van der Waals surface area contributed by atoms with Gasteiger partial charge in [0.25, 0.3) is 0 Å². The average Bonchev–Trinajstić information content (AvgIpc) is 2.79. The summed E-state index contributed by atoms with van der Waals surface area (Å²) >= 11 is 1.77. The van der Waals surface area contributed by atoms with Gasteiger partial charge in [-0.3, -0.25) is 0 Å². The SMILES string of the molecule is Cc1nn(C)c2nc(N3CCCN(C)CC3)sc12. The summed E-state index contributed by atoms with van der Waals surface area (Å²) in [5.74, 6) is 0. The summed E-state index contributed by atoms with van der Waals surface area (Å²) < 4.78 is 3.11. The molecular weight excluding hydrogens is 246 g/mol. The number of aromatic nitrogens is 3. The van der Waals surface area contributed by atoms with Gasteiger partial charge in [0.05, 0.1) is 10.4 Å². The maximum atomic E-state index is 4.75. The number of aryl methyl sites for hydroxylation is 2. The first-order valence-electron chi connectivity index (χ1n) is 6.39. The van der Waals surface area contributed by atoms with Crippen LogP contribution >= 0.6 is 11.3 Å². The van der Waals surface area contributed by atoms with E-state index >= 15 is 0 Å². The van der Waals surface area contributed by atoms with Crippen LogP contribution in [0.1, 0.15) is 12.1 Å². The summed E-state index contributed by atoms with van der Waals surface area (Å²) in [6, 6.07) is 0. The van der Waals surface area contributed by atoms with Crippen LogP contribution in [0, 0.1) is 6.92 Å². The minimum Gasteiger partial charge on any atom is -0.347 e. The van der Waals surface area contributed by atoms with Gasteiger partial charge in [0.15, 0.2) is 10.8 Å². The molecule has 5 nitrogen and oxygen atoms in total. The highest BCUT2D eigenvalue weighted by molar-refractivity contribution is 7.22. The predicted molar refractivity (Wildman–Crippen MR) is 75.5 cm³/mol. The van der Waals surface area contributed by atoms with E-state index in [2.05, 4.69) is 28.9 Å². The molecule has 0 spiro atoms. The van der Waals surface area contributed by atoms with E-state index in [1.165, 1.54) is 17.7 Å². The number of likely N-dealkylation sites (N-methyl/N-ethyl adjacent to an activating group) is 1. The maximum absolute atomic E-state index is 4.75. The van der Waals surface area contributed by atoms with Gasteiger partial charge in [-0.1, -0.05) is 11.3 Å². The zero-order chi connectivity index (χ0) is 12.7. The van der Waals surface area contributed by atoms with E-state index in [4.69, 9.17) is 4.98 Å². The van der Waals surface area contributed by atoms with E-state index in [0.717, 1.165) is 36.1 Å². The molecule has 1 fully saturated rings. The summed E-state index contributed by atoms with van der Waals surface area (Å²) in [7, 11) is 4.16. The molecule has 0 bridgehead atoms. The predicted octanol–water partition coefficient (Wildman–Crippen LogP) is 1.48. The van der Waals surface area contributed by atoms with E-state index in [1.54, 1.807) is 11.3 Å². The fraction of sp³-hybridized carbons (Fsp3) is 0.667. The van der Waals surface area contributed by atoms with Crippen LogP contribution in [0.4, 0.5) is 5.13 Å². The first kappa shape index (κ1) is 11.9. The van der Waals surface area contributed by atoms with Crippen molar-refractivity contribution in [3.63, 3.8) is 0 Å². The standard InChI is InChI=1S/C12H19N5S/c1-9-10-11(16(3)14-9)13-12(18-10)17-6-4-5-15(2)7-8-17/h4-8H2,1-3H3. The van der Waals surface area contributed by atoms with Crippen molar-refractivity contribution in [1.29, 1.82) is 0 Å². The quantitative estimate of drug-likeness (QED) is 0.783. The summed E-state index contributed by atoms with van der Waals surface area (Å²) in [4.78, 5) is 9.55. The Bertz CT molecular complexity index is 524. The fourth-order valence-corrected chi connectivity index (χ4v) is 3.53. The van der Waals surface area contributed by atoms with Gasteiger partial charge in [0.2, 0.25) is 0 Å². The van der Waals surface area contributed by atoms with Crippen molar-refractivity contribution in [2.24, 2.45) is 7.05 Å². The smallest absolute Gasteiger partial charge is 0.188 e. The van der Waals surface area contributed by atoms with Crippen molar-refractivity contribution in [3.05, 3.63) is 5.69 Å². The van der Waals surface area contributed by atoms with E-state index in [-0.39, 0.29) is 0 Å². The topological polar surface area (TPSA) is 37.2 Å². The molecule has 0 atom stereocenters. The van der Waals surface area contributed by atoms with Crippen molar-refractivity contribution >= 4 is 26.8 Å². The van der Waals surface area contributed by atoms with Gasteiger partial charge >= 0.3 is 0 Å². The number of hydrogen-bond acceptors (Lipinski definition) is 5. The van der Waals surface area contributed by atoms with Crippen LogP contribution in [0.15, 0.2) is 0 Å². The van der Waals surface area contributed by atoms with Crippen LogP contribution in [0.3, 0.4) is 0 Å². The normalized spacial score (nSPS) is 18.5. The molecule has 0 aliphatic carbocycles. The molecule has 2 aromatic rings. The Kier molecular flexibility index (Phi) is 2.99. The van der Waals surface area contributed by atoms with E-state index in [0.29, 0.717) is 0 Å². The molecule has 18 heavy (non-hydrogen) atoms. The second kappa shape index (κ2) is 4.51. The molecule has 2 aromatic heterocycles. The van der Waals surface area contributed by atoms with Gasteiger partial charge in [0.1, 0.15) is 0 Å². The lowest BCUT2D eigenvalue weighted by atomic mass is 10.4. The number of thiazole rings is 1. The molecule has 1 aliphatic rings. The van der Waals surface area contributed by atoms with Crippen molar-refractivity contribution in [2.45, 2.75) is 13.3 Å². The van der Waals surface area contributed by atoms with Crippen LogP contribution in [-0.2, 0) is 7.05 Å².